The van der Waals surface area contributed by atoms with Crippen LogP contribution in [0.2, 0.25) is 5.02 Å². The molecule has 0 aliphatic carbocycles. The van der Waals surface area contributed by atoms with Gasteiger partial charge in [-0.1, -0.05) is 23.7 Å². The van der Waals surface area contributed by atoms with E-state index >= 15 is 0 Å². The Morgan fingerprint density at radius 1 is 0.970 bits per heavy atom. The van der Waals surface area contributed by atoms with Gasteiger partial charge in [0, 0.05) is 24.5 Å². The molecule has 0 aliphatic heterocycles. The number of halogens is 5. The molecule has 2 heterocycles. The van der Waals surface area contributed by atoms with E-state index in [1.807, 2.05) is 0 Å². The summed E-state index contributed by atoms with van der Waals surface area (Å²) in [4.78, 5) is 12.4. The van der Waals surface area contributed by atoms with E-state index in [2.05, 4.69) is 15.5 Å². The molecule has 0 bridgehead atoms. The summed E-state index contributed by atoms with van der Waals surface area (Å²) in [5, 5.41) is 10.9. The van der Waals surface area contributed by atoms with Gasteiger partial charge in [0.15, 0.2) is 41.5 Å². The van der Waals surface area contributed by atoms with Gasteiger partial charge in [-0.25, -0.2) is 22.2 Å². The molecule has 0 saturated carbocycles. The number of amides is 1. The normalized spacial score (nSPS) is 10.9. The van der Waals surface area contributed by atoms with Crippen molar-refractivity contribution < 1.29 is 27.1 Å². The van der Waals surface area contributed by atoms with Crippen molar-refractivity contribution in [2.45, 2.75) is 13.3 Å². The first kappa shape index (κ1) is 22.3. The molecule has 4 aromatic rings. The summed E-state index contributed by atoms with van der Waals surface area (Å²) in [6.45, 7) is -0.580. The summed E-state index contributed by atoms with van der Waals surface area (Å²) in [5.74, 6) is -6.17. The minimum Gasteiger partial charge on any atom is -0.470 e. The number of anilines is 1. The minimum absolute atomic E-state index is 0.00691. The van der Waals surface area contributed by atoms with Crippen LogP contribution in [0.25, 0.3) is 0 Å². The van der Waals surface area contributed by atoms with Crippen molar-refractivity contribution in [3.63, 3.8) is 0 Å². The maximum atomic E-state index is 13.8. The van der Waals surface area contributed by atoms with Crippen molar-refractivity contribution in [3.8, 4) is 5.75 Å². The first-order chi connectivity index (χ1) is 15.8. The van der Waals surface area contributed by atoms with Crippen molar-refractivity contribution in [3.05, 3.63) is 94.4 Å². The second-order valence-corrected chi connectivity index (χ2v) is 7.15. The molecule has 33 heavy (non-hydrogen) atoms. The van der Waals surface area contributed by atoms with Gasteiger partial charge >= 0.3 is 0 Å². The Morgan fingerprint density at radius 2 is 1.67 bits per heavy atom. The van der Waals surface area contributed by atoms with Crippen LogP contribution < -0.4 is 10.1 Å². The van der Waals surface area contributed by atoms with Crippen LogP contribution in [0.15, 0.2) is 54.9 Å². The zero-order chi connectivity index (χ0) is 23.5. The van der Waals surface area contributed by atoms with Gasteiger partial charge in [-0.3, -0.25) is 9.48 Å². The molecule has 0 saturated heterocycles. The van der Waals surface area contributed by atoms with Crippen molar-refractivity contribution in [1.82, 2.24) is 19.6 Å². The fourth-order valence-electron chi connectivity index (χ4n) is 2.87. The fraction of sp³-hybridized carbons (Fsp3) is 0.0952. The number of hydrogen-bond donors (Lipinski definition) is 1. The molecular weight excluding hydrogens is 466 g/mol. The van der Waals surface area contributed by atoms with Crippen LogP contribution in [0.3, 0.4) is 0 Å². The lowest BCUT2D eigenvalue weighted by atomic mass is 10.2. The van der Waals surface area contributed by atoms with Crippen LogP contribution in [0.4, 0.5) is 23.4 Å². The number of carbonyl (C=O) groups is 1. The molecule has 2 aromatic heterocycles. The molecule has 0 unspecified atom stereocenters. The quantitative estimate of drug-likeness (QED) is 0.310. The topological polar surface area (TPSA) is 74.0 Å². The number of carbonyl (C=O) groups excluding carboxylic acids is 1. The number of ether oxygens (including phenoxy) is 1. The molecule has 0 aliphatic rings. The molecule has 0 spiro atoms. The smallest absolute Gasteiger partial charge is 0.277 e. The molecule has 0 atom stereocenters. The highest BCUT2D eigenvalue weighted by atomic mass is 35.5. The van der Waals surface area contributed by atoms with Crippen LogP contribution in [0.5, 0.6) is 5.75 Å². The van der Waals surface area contributed by atoms with Crippen molar-refractivity contribution in [2.24, 2.45) is 0 Å². The first-order valence-corrected chi connectivity index (χ1v) is 9.77. The molecule has 12 heteroatoms. The average molecular weight is 480 g/mol. The van der Waals surface area contributed by atoms with Gasteiger partial charge < -0.3 is 10.1 Å². The zero-order valence-electron chi connectivity index (χ0n) is 16.6. The highest BCUT2D eigenvalue weighted by Gasteiger charge is 2.20. The monoisotopic (exact) mass is 479 g/mol. The lowest BCUT2D eigenvalue weighted by Gasteiger charge is -2.07. The number of nitrogens with zero attached hydrogens (tertiary/aromatic N) is 4. The summed E-state index contributed by atoms with van der Waals surface area (Å²) < 4.78 is 62.4. The zero-order valence-corrected chi connectivity index (χ0v) is 17.4. The van der Waals surface area contributed by atoms with Gasteiger partial charge in [-0.2, -0.15) is 10.2 Å². The second kappa shape index (κ2) is 9.33. The number of aromatic nitrogens is 4. The Hall–Kier alpha value is -3.86. The predicted octanol–water partition coefficient (Wildman–Crippen LogP) is 4.63. The Balaban J connectivity index is 1.39. The lowest BCUT2D eigenvalue weighted by Crippen LogP contribution is -2.15. The number of rotatable bonds is 7. The molecule has 170 valence electrons. The third-order valence-corrected chi connectivity index (χ3v) is 4.78. The molecule has 4 rings (SSSR count). The number of benzene rings is 2. The largest absolute Gasteiger partial charge is 0.470 e. The van der Waals surface area contributed by atoms with E-state index in [1.165, 1.54) is 29.2 Å². The summed E-state index contributed by atoms with van der Waals surface area (Å²) in [6.07, 6.45) is 2.81. The maximum absolute atomic E-state index is 13.8. The van der Waals surface area contributed by atoms with E-state index in [0.717, 1.165) is 4.68 Å². The van der Waals surface area contributed by atoms with E-state index < -0.39 is 41.3 Å². The Kier molecular flexibility index (Phi) is 6.31. The van der Waals surface area contributed by atoms with Crippen molar-refractivity contribution >= 4 is 23.3 Å². The number of nitrogens with one attached hydrogen (secondary N) is 1. The van der Waals surface area contributed by atoms with Gasteiger partial charge in [0.25, 0.3) is 5.91 Å². The SMILES string of the molecule is O=C(Nc1ccn(Cc2c(F)c(F)cc(F)c2F)n1)c1ccn(COc2ccccc2Cl)n1. The third kappa shape index (κ3) is 4.98. The van der Waals surface area contributed by atoms with Gasteiger partial charge in [-0.05, 0) is 18.2 Å². The Labute approximate surface area is 189 Å². The molecule has 0 radical (unpaired) electrons. The fourth-order valence-corrected chi connectivity index (χ4v) is 3.06. The van der Waals surface area contributed by atoms with Crippen LogP contribution >= 0.6 is 11.6 Å². The lowest BCUT2D eigenvalue weighted by molar-refractivity contribution is 0.101. The molecule has 7 nitrogen and oxygen atoms in total. The molecular formula is C21H14ClF4N5O2. The van der Waals surface area contributed by atoms with Gasteiger partial charge in [0.1, 0.15) is 5.75 Å². The Bertz CT molecular complexity index is 1300. The molecule has 1 amide bonds. The number of hydrogen-bond acceptors (Lipinski definition) is 4. The highest BCUT2D eigenvalue weighted by molar-refractivity contribution is 6.32. The predicted molar refractivity (Wildman–Crippen MR) is 110 cm³/mol. The van der Waals surface area contributed by atoms with Crippen molar-refractivity contribution in [2.75, 3.05) is 5.32 Å². The summed E-state index contributed by atoms with van der Waals surface area (Å²) >= 11 is 6.02. The summed E-state index contributed by atoms with van der Waals surface area (Å²) in [6, 6.07) is 9.80. The van der Waals surface area contributed by atoms with E-state index in [4.69, 9.17) is 16.3 Å². The van der Waals surface area contributed by atoms with Gasteiger partial charge in [0.05, 0.1) is 17.1 Å². The van der Waals surface area contributed by atoms with E-state index in [9.17, 15) is 22.4 Å². The summed E-state index contributed by atoms with van der Waals surface area (Å²) in [5.41, 5.74) is -0.776. The standard InChI is InChI=1S/C21H14ClF4N5O2/c22-13-3-1-2-4-17(13)33-11-31-7-5-16(28-31)21(32)27-18-6-8-30(29-18)10-12-19(25)14(23)9-15(24)20(12)26/h1-9H,10-11H2,(H,27,29,32). The second-order valence-electron chi connectivity index (χ2n) is 6.74. The highest BCUT2D eigenvalue weighted by Crippen LogP contribution is 2.23. The van der Waals surface area contributed by atoms with E-state index in [-0.39, 0.29) is 24.3 Å². The molecule has 1 N–H and O–H groups in total. The van der Waals surface area contributed by atoms with Crippen LogP contribution in [0.1, 0.15) is 16.1 Å². The minimum atomic E-state index is -1.52. The summed E-state index contributed by atoms with van der Waals surface area (Å²) in [7, 11) is 0. The first-order valence-electron chi connectivity index (χ1n) is 9.39. The van der Waals surface area contributed by atoms with Crippen LogP contribution in [-0.2, 0) is 13.3 Å². The Morgan fingerprint density at radius 3 is 2.39 bits per heavy atom. The van der Waals surface area contributed by atoms with Gasteiger partial charge in [-0.15, -0.1) is 0 Å². The van der Waals surface area contributed by atoms with E-state index in [0.29, 0.717) is 10.8 Å². The van der Waals surface area contributed by atoms with Gasteiger partial charge in [0.2, 0.25) is 0 Å². The average Bonchev–Trinajstić information content (AvgIpc) is 3.44. The molecule has 0 fully saturated rings. The molecule has 2 aromatic carbocycles. The number of para-hydroxylation sites is 1. The van der Waals surface area contributed by atoms with E-state index in [1.54, 1.807) is 24.3 Å². The van der Waals surface area contributed by atoms with Crippen LogP contribution in [0, 0.1) is 23.3 Å². The maximum Gasteiger partial charge on any atom is 0.277 e. The van der Waals surface area contributed by atoms with Crippen LogP contribution in [-0.4, -0.2) is 25.5 Å². The third-order valence-electron chi connectivity index (χ3n) is 4.47. The van der Waals surface area contributed by atoms with Crippen molar-refractivity contribution in [1.29, 1.82) is 0 Å².